The predicted molar refractivity (Wildman–Crippen MR) is 102 cm³/mol. The molecule has 0 N–H and O–H groups in total. The van der Waals surface area contributed by atoms with Gasteiger partial charge in [-0.25, -0.2) is 14.3 Å². The summed E-state index contributed by atoms with van der Waals surface area (Å²) in [5.41, 5.74) is 0.314. The molecule has 1 aliphatic heterocycles. The quantitative estimate of drug-likeness (QED) is 0.643. The van der Waals surface area contributed by atoms with Crippen LogP contribution in [-0.2, 0) is 4.74 Å². The van der Waals surface area contributed by atoms with Gasteiger partial charge < -0.3 is 19.3 Å². The number of hydrogen-bond donors (Lipinski definition) is 0. The lowest BCUT2D eigenvalue weighted by Gasteiger charge is -2.36. The fourth-order valence-corrected chi connectivity index (χ4v) is 3.15. The van der Waals surface area contributed by atoms with Crippen LogP contribution in [0.4, 0.5) is 10.6 Å². The number of aromatic nitrogens is 3. The van der Waals surface area contributed by atoms with Crippen LogP contribution in [0.25, 0.3) is 5.65 Å². The maximum absolute atomic E-state index is 12.2. The second kappa shape index (κ2) is 6.85. The number of rotatable bonds is 2. The number of carbonyl (C=O) groups excluding carboxylic acids is 1. The molecule has 0 bridgehead atoms. The Bertz CT molecular complexity index is 778. The number of amides is 1. The third kappa shape index (κ3) is 3.91. The molecule has 2 aromatic heterocycles. The van der Waals surface area contributed by atoms with Crippen molar-refractivity contribution in [3.8, 4) is 5.75 Å². The van der Waals surface area contributed by atoms with Crippen LogP contribution >= 0.6 is 22.6 Å². The van der Waals surface area contributed by atoms with Gasteiger partial charge in [0.2, 0.25) is 0 Å². The van der Waals surface area contributed by atoms with Gasteiger partial charge in [-0.2, -0.15) is 5.10 Å². The van der Waals surface area contributed by atoms with Crippen LogP contribution in [0, 0.1) is 3.57 Å². The molecule has 1 amide bonds. The highest BCUT2D eigenvalue weighted by molar-refractivity contribution is 14.1. The molecule has 8 nitrogen and oxygen atoms in total. The van der Waals surface area contributed by atoms with Crippen LogP contribution < -0.4 is 9.64 Å². The summed E-state index contributed by atoms with van der Waals surface area (Å²) >= 11 is 2.21. The van der Waals surface area contributed by atoms with E-state index in [2.05, 4.69) is 32.6 Å². The number of piperazine rings is 1. The Hall–Kier alpha value is -1.78. The molecule has 2 aromatic rings. The van der Waals surface area contributed by atoms with Gasteiger partial charge in [0.15, 0.2) is 17.2 Å². The van der Waals surface area contributed by atoms with Gasteiger partial charge in [-0.1, -0.05) is 0 Å². The van der Waals surface area contributed by atoms with Crippen molar-refractivity contribution in [3.05, 3.63) is 16.0 Å². The summed E-state index contributed by atoms with van der Waals surface area (Å²) in [5.74, 6) is 1.44. The third-order valence-electron chi connectivity index (χ3n) is 3.85. The SMILES string of the molecule is COc1cn2ncc(I)c2nc1N1CCN(C(=O)OC(C)(C)C)CC1. The Balaban J connectivity index is 1.75. The van der Waals surface area contributed by atoms with Crippen LogP contribution in [0.1, 0.15) is 20.8 Å². The summed E-state index contributed by atoms with van der Waals surface area (Å²) in [4.78, 5) is 20.8. The van der Waals surface area contributed by atoms with Crippen molar-refractivity contribution in [1.29, 1.82) is 0 Å². The summed E-state index contributed by atoms with van der Waals surface area (Å²) in [6.07, 6.45) is 3.33. The molecular weight excluding hydrogens is 437 g/mol. The lowest BCUT2D eigenvalue weighted by molar-refractivity contribution is 0.0240. The molecule has 1 saturated heterocycles. The molecule has 0 radical (unpaired) electrons. The standard InChI is InChI=1S/C16H22IN5O3/c1-16(2,3)25-15(23)21-7-5-20(6-8-21)14-12(24-4)10-22-13(19-14)11(17)9-18-22/h9-10H,5-8H2,1-4H3. The van der Waals surface area contributed by atoms with Crippen LogP contribution in [0.2, 0.25) is 0 Å². The highest BCUT2D eigenvalue weighted by Crippen LogP contribution is 2.28. The molecule has 1 fully saturated rings. The molecule has 0 aliphatic carbocycles. The molecule has 9 heteroatoms. The highest BCUT2D eigenvalue weighted by Gasteiger charge is 2.27. The topological polar surface area (TPSA) is 72.2 Å². The molecular formula is C16H22IN5O3. The molecule has 3 rings (SSSR count). The fraction of sp³-hybridized carbons (Fsp3) is 0.562. The van der Waals surface area contributed by atoms with Crippen molar-refractivity contribution in [2.45, 2.75) is 26.4 Å². The maximum Gasteiger partial charge on any atom is 0.410 e. The van der Waals surface area contributed by atoms with Crippen molar-refractivity contribution in [2.75, 3.05) is 38.2 Å². The molecule has 136 valence electrons. The number of fused-ring (bicyclic) bond motifs is 1. The van der Waals surface area contributed by atoms with Crippen LogP contribution in [0.3, 0.4) is 0 Å². The fourth-order valence-electron chi connectivity index (χ4n) is 2.66. The molecule has 0 saturated carbocycles. The van der Waals surface area contributed by atoms with Crippen LogP contribution in [0.5, 0.6) is 5.75 Å². The highest BCUT2D eigenvalue weighted by atomic mass is 127. The zero-order chi connectivity index (χ0) is 18.2. The van der Waals surface area contributed by atoms with E-state index in [1.54, 1.807) is 22.7 Å². The maximum atomic E-state index is 12.2. The first-order valence-corrected chi connectivity index (χ1v) is 9.17. The predicted octanol–water partition coefficient (Wildman–Crippen LogP) is 2.40. The van der Waals surface area contributed by atoms with Gasteiger partial charge in [0.05, 0.1) is 23.1 Å². The second-order valence-corrected chi connectivity index (χ2v) is 8.01. The van der Waals surface area contributed by atoms with E-state index in [1.165, 1.54) is 0 Å². The minimum absolute atomic E-state index is 0.270. The molecule has 0 aromatic carbocycles. The minimum Gasteiger partial charge on any atom is -0.491 e. The molecule has 0 spiro atoms. The number of hydrogen-bond acceptors (Lipinski definition) is 6. The second-order valence-electron chi connectivity index (χ2n) is 6.85. The van der Waals surface area contributed by atoms with Crippen LogP contribution in [0.15, 0.2) is 12.4 Å². The largest absolute Gasteiger partial charge is 0.491 e. The Labute approximate surface area is 160 Å². The summed E-state index contributed by atoms with van der Waals surface area (Å²) in [6, 6.07) is 0. The number of ether oxygens (including phenoxy) is 2. The monoisotopic (exact) mass is 459 g/mol. The number of methoxy groups -OCH3 is 1. The van der Waals surface area contributed by atoms with Crippen molar-refractivity contribution < 1.29 is 14.3 Å². The van der Waals surface area contributed by atoms with Gasteiger partial charge >= 0.3 is 6.09 Å². The van der Waals surface area contributed by atoms with E-state index in [-0.39, 0.29) is 6.09 Å². The molecule has 1 aliphatic rings. The lowest BCUT2D eigenvalue weighted by Crippen LogP contribution is -2.50. The van der Waals surface area contributed by atoms with Gasteiger partial charge in [0.1, 0.15) is 5.60 Å². The summed E-state index contributed by atoms with van der Waals surface area (Å²) in [5, 5.41) is 4.26. The van der Waals surface area contributed by atoms with E-state index in [0.717, 1.165) is 15.0 Å². The molecule has 0 atom stereocenters. The van der Waals surface area contributed by atoms with Gasteiger partial charge in [-0.15, -0.1) is 0 Å². The van der Waals surface area contributed by atoms with Gasteiger partial charge in [-0.05, 0) is 43.4 Å². The van der Waals surface area contributed by atoms with Gasteiger partial charge in [0, 0.05) is 26.2 Å². The Morgan fingerprint density at radius 2 is 1.92 bits per heavy atom. The van der Waals surface area contributed by atoms with E-state index < -0.39 is 5.60 Å². The Kier molecular flexibility index (Phi) is 4.94. The molecule has 3 heterocycles. The van der Waals surface area contributed by atoms with Crippen molar-refractivity contribution in [3.63, 3.8) is 0 Å². The van der Waals surface area contributed by atoms with Crippen molar-refractivity contribution >= 4 is 40.1 Å². The Morgan fingerprint density at radius 3 is 2.52 bits per heavy atom. The van der Waals surface area contributed by atoms with E-state index >= 15 is 0 Å². The Morgan fingerprint density at radius 1 is 1.24 bits per heavy atom. The average molecular weight is 459 g/mol. The molecule has 25 heavy (non-hydrogen) atoms. The summed E-state index contributed by atoms with van der Waals surface area (Å²) < 4.78 is 13.6. The molecule has 0 unspecified atom stereocenters. The van der Waals surface area contributed by atoms with Crippen molar-refractivity contribution in [2.24, 2.45) is 0 Å². The summed E-state index contributed by atoms with van der Waals surface area (Å²) in [7, 11) is 1.62. The van der Waals surface area contributed by atoms with Crippen LogP contribution in [-0.4, -0.2) is 64.5 Å². The van der Waals surface area contributed by atoms with E-state index in [9.17, 15) is 4.79 Å². The third-order valence-corrected chi connectivity index (χ3v) is 4.61. The lowest BCUT2D eigenvalue weighted by atomic mass is 10.2. The first-order valence-electron chi connectivity index (χ1n) is 8.09. The normalized spacial score (nSPS) is 15.6. The smallest absolute Gasteiger partial charge is 0.410 e. The van der Waals surface area contributed by atoms with E-state index in [4.69, 9.17) is 14.5 Å². The van der Waals surface area contributed by atoms with Gasteiger partial charge in [0.25, 0.3) is 0 Å². The number of anilines is 1. The van der Waals surface area contributed by atoms with E-state index in [0.29, 0.717) is 31.9 Å². The first kappa shape index (κ1) is 18.0. The number of carbonyl (C=O) groups is 1. The van der Waals surface area contributed by atoms with Gasteiger partial charge in [-0.3, -0.25) is 0 Å². The van der Waals surface area contributed by atoms with E-state index in [1.807, 2.05) is 27.0 Å². The zero-order valence-corrected chi connectivity index (χ0v) is 17.0. The summed E-state index contributed by atoms with van der Waals surface area (Å²) in [6.45, 7) is 8.13. The number of nitrogens with zero attached hydrogens (tertiary/aromatic N) is 5. The minimum atomic E-state index is -0.483. The first-order chi connectivity index (χ1) is 11.8. The average Bonchev–Trinajstić information content (AvgIpc) is 2.92. The zero-order valence-electron chi connectivity index (χ0n) is 14.8. The van der Waals surface area contributed by atoms with Crippen molar-refractivity contribution in [1.82, 2.24) is 19.5 Å². The number of halogens is 1.